The lowest BCUT2D eigenvalue weighted by Gasteiger charge is -2.35. The summed E-state index contributed by atoms with van der Waals surface area (Å²) in [6.45, 7) is 3.88. The lowest BCUT2D eigenvalue weighted by atomic mass is 10.1. The Balaban J connectivity index is 1.53. The second kappa shape index (κ2) is 7.28. The molecule has 0 spiro atoms. The maximum absolute atomic E-state index is 14.0. The molecule has 1 aromatic heterocycles. The van der Waals surface area contributed by atoms with Crippen LogP contribution in [0.5, 0.6) is 5.88 Å². The molecular weight excluding hydrogens is 335 g/mol. The van der Waals surface area contributed by atoms with Crippen LogP contribution in [0.1, 0.15) is 16.7 Å². The van der Waals surface area contributed by atoms with Crippen LogP contribution in [0.2, 0.25) is 0 Å². The first-order valence-corrected chi connectivity index (χ1v) is 8.61. The Morgan fingerprint density at radius 2 is 2.31 bits per heavy atom. The number of hydrogen-bond acceptors (Lipinski definition) is 6. The summed E-state index contributed by atoms with van der Waals surface area (Å²) in [5, 5.41) is 12.2. The molecule has 0 unspecified atom stereocenters. The lowest BCUT2D eigenvalue weighted by Crippen LogP contribution is -2.53. The summed E-state index contributed by atoms with van der Waals surface area (Å²) in [5.74, 6) is 0.882. The standard InChI is InChI=1S/C19H19FN4O2/c20-17-7-13(8-21)1-2-14(17)11-26-18-4-3-15-10-25-12-16-9-22-5-6-24(16)19(15)23-18/h1-4,7,16,22H,5-6,9-12H2/t16-/m1/s1. The summed E-state index contributed by atoms with van der Waals surface area (Å²) in [6.07, 6.45) is 0. The predicted molar refractivity (Wildman–Crippen MR) is 93.3 cm³/mol. The highest BCUT2D eigenvalue weighted by molar-refractivity contribution is 5.51. The van der Waals surface area contributed by atoms with Crippen molar-refractivity contribution in [3.05, 3.63) is 52.8 Å². The van der Waals surface area contributed by atoms with E-state index < -0.39 is 5.82 Å². The average Bonchev–Trinajstić information content (AvgIpc) is 2.86. The first-order chi connectivity index (χ1) is 12.7. The van der Waals surface area contributed by atoms with Gasteiger partial charge in [0.25, 0.3) is 0 Å². The van der Waals surface area contributed by atoms with Gasteiger partial charge in [-0.1, -0.05) is 6.07 Å². The van der Waals surface area contributed by atoms with E-state index in [1.54, 1.807) is 18.2 Å². The average molecular weight is 354 g/mol. The van der Waals surface area contributed by atoms with Gasteiger partial charge in [0.05, 0.1) is 30.9 Å². The minimum atomic E-state index is -0.450. The molecule has 0 bridgehead atoms. The second-order valence-electron chi connectivity index (χ2n) is 6.41. The first-order valence-electron chi connectivity index (χ1n) is 8.61. The molecule has 1 N–H and O–H groups in total. The summed E-state index contributed by atoms with van der Waals surface area (Å²) >= 11 is 0. The molecule has 0 aliphatic carbocycles. The molecule has 7 heteroatoms. The van der Waals surface area contributed by atoms with E-state index >= 15 is 0 Å². The number of hydrogen-bond donors (Lipinski definition) is 1. The van der Waals surface area contributed by atoms with Crippen LogP contribution in [0.25, 0.3) is 0 Å². The lowest BCUT2D eigenvalue weighted by molar-refractivity contribution is 0.109. The maximum Gasteiger partial charge on any atom is 0.215 e. The quantitative estimate of drug-likeness (QED) is 0.909. The zero-order valence-electron chi connectivity index (χ0n) is 14.2. The van der Waals surface area contributed by atoms with Crippen LogP contribution in [0.3, 0.4) is 0 Å². The van der Waals surface area contributed by atoms with Crippen molar-refractivity contribution in [3.8, 4) is 11.9 Å². The van der Waals surface area contributed by atoms with Crippen molar-refractivity contribution in [2.75, 3.05) is 31.1 Å². The molecule has 2 aliphatic rings. The SMILES string of the molecule is N#Cc1ccc(COc2ccc3c(n2)N2CCNC[C@@H]2COC3)c(F)c1. The number of anilines is 1. The third-order valence-corrected chi connectivity index (χ3v) is 4.68. The minimum Gasteiger partial charge on any atom is -0.473 e. The smallest absolute Gasteiger partial charge is 0.215 e. The van der Waals surface area contributed by atoms with E-state index in [9.17, 15) is 4.39 Å². The topological polar surface area (TPSA) is 70.4 Å². The number of rotatable bonds is 3. The zero-order chi connectivity index (χ0) is 17.9. The molecule has 3 heterocycles. The number of benzene rings is 1. The van der Waals surface area contributed by atoms with Crippen molar-refractivity contribution in [3.63, 3.8) is 0 Å². The van der Waals surface area contributed by atoms with E-state index in [0.29, 0.717) is 30.2 Å². The van der Waals surface area contributed by atoms with Crippen LogP contribution in [0, 0.1) is 17.1 Å². The Bertz CT molecular complexity index is 852. The Kier molecular flexibility index (Phi) is 4.69. The molecule has 0 amide bonds. The van der Waals surface area contributed by atoms with Crippen LogP contribution in [-0.4, -0.2) is 37.3 Å². The van der Waals surface area contributed by atoms with Crippen molar-refractivity contribution >= 4 is 5.82 Å². The largest absolute Gasteiger partial charge is 0.473 e. The molecule has 26 heavy (non-hydrogen) atoms. The molecule has 1 aromatic carbocycles. The highest BCUT2D eigenvalue weighted by Gasteiger charge is 2.28. The fourth-order valence-electron chi connectivity index (χ4n) is 3.28. The van der Waals surface area contributed by atoms with E-state index in [1.165, 1.54) is 6.07 Å². The summed E-state index contributed by atoms with van der Waals surface area (Å²) in [7, 11) is 0. The van der Waals surface area contributed by atoms with Crippen LogP contribution < -0.4 is 15.0 Å². The third-order valence-electron chi connectivity index (χ3n) is 4.68. The fraction of sp³-hybridized carbons (Fsp3) is 0.368. The molecule has 0 radical (unpaired) electrons. The highest BCUT2D eigenvalue weighted by atomic mass is 19.1. The van der Waals surface area contributed by atoms with E-state index in [2.05, 4.69) is 15.2 Å². The van der Waals surface area contributed by atoms with Gasteiger partial charge in [-0.05, 0) is 18.2 Å². The second-order valence-corrected chi connectivity index (χ2v) is 6.41. The minimum absolute atomic E-state index is 0.0603. The van der Waals surface area contributed by atoms with Crippen molar-refractivity contribution in [2.45, 2.75) is 19.3 Å². The normalized spacial score (nSPS) is 19.1. The number of halogens is 1. The molecule has 4 rings (SSSR count). The van der Waals surface area contributed by atoms with Crippen LogP contribution in [0.4, 0.5) is 10.2 Å². The van der Waals surface area contributed by atoms with E-state index in [-0.39, 0.29) is 12.6 Å². The van der Waals surface area contributed by atoms with Gasteiger partial charge in [0.15, 0.2) is 0 Å². The van der Waals surface area contributed by atoms with Crippen molar-refractivity contribution < 1.29 is 13.9 Å². The number of nitriles is 1. The number of pyridine rings is 1. The van der Waals surface area contributed by atoms with E-state index in [0.717, 1.165) is 31.0 Å². The summed E-state index contributed by atoms with van der Waals surface area (Å²) < 4.78 is 25.5. The number of fused-ring (bicyclic) bond motifs is 3. The Morgan fingerprint density at radius 3 is 3.15 bits per heavy atom. The molecule has 1 atom stereocenters. The molecule has 1 fully saturated rings. The molecular formula is C19H19FN4O2. The molecule has 1 saturated heterocycles. The predicted octanol–water partition coefficient (Wildman–Crippen LogP) is 1.98. The molecule has 0 saturated carbocycles. The zero-order valence-corrected chi connectivity index (χ0v) is 14.2. The highest BCUT2D eigenvalue weighted by Crippen LogP contribution is 2.28. The fourth-order valence-corrected chi connectivity index (χ4v) is 3.28. The number of nitrogens with zero attached hydrogens (tertiary/aromatic N) is 3. The van der Waals surface area contributed by atoms with Gasteiger partial charge in [-0.2, -0.15) is 10.2 Å². The summed E-state index contributed by atoms with van der Waals surface area (Å²) in [5.41, 5.74) is 1.72. The van der Waals surface area contributed by atoms with Gasteiger partial charge in [-0.15, -0.1) is 0 Å². The Hall–Kier alpha value is -2.69. The Morgan fingerprint density at radius 1 is 1.38 bits per heavy atom. The van der Waals surface area contributed by atoms with Crippen molar-refractivity contribution in [1.82, 2.24) is 10.3 Å². The van der Waals surface area contributed by atoms with Gasteiger partial charge >= 0.3 is 0 Å². The number of nitrogens with one attached hydrogen (secondary N) is 1. The van der Waals surface area contributed by atoms with Gasteiger partial charge in [-0.3, -0.25) is 0 Å². The van der Waals surface area contributed by atoms with Crippen molar-refractivity contribution in [2.24, 2.45) is 0 Å². The first kappa shape index (κ1) is 16.8. The third kappa shape index (κ3) is 3.34. The van der Waals surface area contributed by atoms with Gasteiger partial charge < -0.3 is 19.7 Å². The Labute approximate surface area is 151 Å². The number of piperazine rings is 1. The van der Waals surface area contributed by atoms with E-state index in [1.807, 2.05) is 12.1 Å². The monoisotopic (exact) mass is 354 g/mol. The van der Waals surface area contributed by atoms with Gasteiger partial charge in [-0.25, -0.2) is 4.39 Å². The summed E-state index contributed by atoms with van der Waals surface area (Å²) in [6, 6.07) is 10.3. The van der Waals surface area contributed by atoms with Crippen LogP contribution >= 0.6 is 0 Å². The van der Waals surface area contributed by atoms with Crippen LogP contribution in [0.15, 0.2) is 30.3 Å². The molecule has 6 nitrogen and oxygen atoms in total. The number of aromatic nitrogens is 1. The van der Waals surface area contributed by atoms with E-state index in [4.69, 9.17) is 14.7 Å². The summed E-state index contributed by atoms with van der Waals surface area (Å²) in [4.78, 5) is 6.92. The number of ether oxygens (including phenoxy) is 2. The van der Waals surface area contributed by atoms with Crippen LogP contribution in [-0.2, 0) is 18.0 Å². The van der Waals surface area contributed by atoms with Gasteiger partial charge in [0.2, 0.25) is 5.88 Å². The molecule has 134 valence electrons. The maximum atomic E-state index is 14.0. The molecule has 2 aliphatic heterocycles. The molecule has 2 aromatic rings. The van der Waals surface area contributed by atoms with Gasteiger partial charge in [0, 0.05) is 36.8 Å². The van der Waals surface area contributed by atoms with Crippen molar-refractivity contribution in [1.29, 1.82) is 5.26 Å². The van der Waals surface area contributed by atoms with Gasteiger partial charge in [0.1, 0.15) is 18.2 Å².